The number of hydrogen-bond donors (Lipinski definition) is 1. The molecule has 0 spiro atoms. The summed E-state index contributed by atoms with van der Waals surface area (Å²) in [5.74, 6) is 3.32. The normalized spacial score (nSPS) is 29.9. The fraction of sp³-hybridized carbons (Fsp3) is 0.625. The summed E-state index contributed by atoms with van der Waals surface area (Å²) in [6, 6.07) is 5.66. The van der Waals surface area contributed by atoms with Gasteiger partial charge in [0.15, 0.2) is 0 Å². The van der Waals surface area contributed by atoms with E-state index in [2.05, 4.69) is 13.8 Å². The van der Waals surface area contributed by atoms with Crippen molar-refractivity contribution >= 4 is 0 Å². The molecule has 20 heavy (non-hydrogen) atoms. The Hall–Kier alpha value is -1.42. The highest BCUT2D eigenvalue weighted by atomic mass is 16.5. The summed E-state index contributed by atoms with van der Waals surface area (Å²) < 4.78 is 16.7. The Morgan fingerprint density at radius 2 is 1.50 bits per heavy atom. The largest absolute Gasteiger partial charge is 0.496 e. The maximum absolute atomic E-state index is 6.26. The molecule has 4 heteroatoms. The average molecular weight is 279 g/mol. The van der Waals surface area contributed by atoms with Gasteiger partial charge in [-0.3, -0.25) is 0 Å². The Morgan fingerprint density at radius 1 is 0.950 bits per heavy atom. The highest BCUT2D eigenvalue weighted by Gasteiger charge is 2.33. The van der Waals surface area contributed by atoms with Gasteiger partial charge in [0.2, 0.25) is 0 Å². The molecule has 0 aromatic heterocycles. The Kier molecular flexibility index (Phi) is 4.76. The molecule has 1 aromatic rings. The summed E-state index contributed by atoms with van der Waals surface area (Å²) >= 11 is 0. The van der Waals surface area contributed by atoms with E-state index in [1.807, 2.05) is 18.2 Å². The predicted molar refractivity (Wildman–Crippen MR) is 79.5 cm³/mol. The van der Waals surface area contributed by atoms with Crippen molar-refractivity contribution in [3.63, 3.8) is 0 Å². The molecule has 0 heterocycles. The Bertz CT molecular complexity index is 415. The van der Waals surface area contributed by atoms with Gasteiger partial charge in [0.25, 0.3) is 0 Å². The zero-order valence-corrected chi connectivity index (χ0v) is 12.8. The molecule has 1 aliphatic carbocycles. The molecule has 0 bridgehead atoms. The van der Waals surface area contributed by atoms with Gasteiger partial charge in [-0.05, 0) is 24.7 Å². The van der Waals surface area contributed by atoms with Crippen LogP contribution in [0.4, 0.5) is 0 Å². The van der Waals surface area contributed by atoms with Crippen LogP contribution in [0.25, 0.3) is 0 Å². The SMILES string of the molecule is COc1cc(OC)cc(OC2C(C)CC(C)CC2N)c1. The first-order valence-corrected chi connectivity index (χ1v) is 7.18. The first kappa shape index (κ1) is 15.0. The summed E-state index contributed by atoms with van der Waals surface area (Å²) in [5, 5.41) is 0. The minimum atomic E-state index is 0.0445. The van der Waals surface area contributed by atoms with Crippen LogP contribution in [0.1, 0.15) is 26.7 Å². The Balaban J connectivity index is 2.16. The monoisotopic (exact) mass is 279 g/mol. The number of nitrogens with two attached hydrogens (primary N) is 1. The Labute approximate surface area is 121 Å². The van der Waals surface area contributed by atoms with Crippen LogP contribution in [0, 0.1) is 11.8 Å². The second-order valence-electron chi connectivity index (χ2n) is 5.85. The van der Waals surface area contributed by atoms with Crippen LogP contribution in [0.3, 0.4) is 0 Å². The van der Waals surface area contributed by atoms with Crippen molar-refractivity contribution in [2.24, 2.45) is 17.6 Å². The van der Waals surface area contributed by atoms with Crippen molar-refractivity contribution in [3.05, 3.63) is 18.2 Å². The molecule has 1 aliphatic rings. The van der Waals surface area contributed by atoms with Crippen molar-refractivity contribution in [2.45, 2.75) is 38.8 Å². The standard InChI is InChI=1S/C16H25NO3/c1-10-5-11(2)16(15(17)6-10)20-14-8-12(18-3)7-13(9-14)19-4/h7-11,15-16H,5-6,17H2,1-4H3. The van der Waals surface area contributed by atoms with E-state index >= 15 is 0 Å². The molecule has 4 atom stereocenters. The van der Waals surface area contributed by atoms with Gasteiger partial charge in [-0.2, -0.15) is 0 Å². The van der Waals surface area contributed by atoms with Crippen molar-refractivity contribution in [1.29, 1.82) is 0 Å². The van der Waals surface area contributed by atoms with Crippen molar-refractivity contribution in [3.8, 4) is 17.2 Å². The number of methoxy groups -OCH3 is 2. The van der Waals surface area contributed by atoms with Crippen LogP contribution in [0.5, 0.6) is 17.2 Å². The number of hydrogen-bond acceptors (Lipinski definition) is 4. The summed E-state index contributed by atoms with van der Waals surface area (Å²) in [6.45, 7) is 4.46. The van der Waals surface area contributed by atoms with Crippen molar-refractivity contribution in [1.82, 2.24) is 0 Å². The van der Waals surface area contributed by atoms with E-state index in [4.69, 9.17) is 19.9 Å². The van der Waals surface area contributed by atoms with Gasteiger partial charge in [-0.1, -0.05) is 13.8 Å². The molecule has 0 aliphatic heterocycles. The first-order valence-electron chi connectivity index (χ1n) is 7.18. The van der Waals surface area contributed by atoms with E-state index in [1.54, 1.807) is 14.2 Å². The molecule has 0 saturated heterocycles. The minimum Gasteiger partial charge on any atom is -0.496 e. The van der Waals surface area contributed by atoms with Gasteiger partial charge in [0, 0.05) is 24.2 Å². The van der Waals surface area contributed by atoms with Gasteiger partial charge < -0.3 is 19.9 Å². The molecule has 2 N–H and O–H groups in total. The van der Waals surface area contributed by atoms with E-state index in [0.717, 1.165) is 30.1 Å². The fourth-order valence-corrected chi connectivity index (χ4v) is 3.10. The highest BCUT2D eigenvalue weighted by Crippen LogP contribution is 2.34. The van der Waals surface area contributed by atoms with Gasteiger partial charge in [-0.15, -0.1) is 0 Å². The van der Waals surface area contributed by atoms with E-state index in [-0.39, 0.29) is 12.1 Å². The molecule has 112 valence electrons. The molecule has 4 unspecified atom stereocenters. The number of rotatable bonds is 4. The third-order valence-corrected chi connectivity index (χ3v) is 4.03. The summed E-state index contributed by atoms with van der Waals surface area (Å²) in [7, 11) is 3.27. The van der Waals surface area contributed by atoms with Gasteiger partial charge in [-0.25, -0.2) is 0 Å². The molecular formula is C16H25NO3. The topological polar surface area (TPSA) is 53.7 Å². The zero-order chi connectivity index (χ0) is 14.7. The van der Waals surface area contributed by atoms with E-state index in [1.165, 1.54) is 0 Å². The lowest BCUT2D eigenvalue weighted by atomic mass is 9.78. The van der Waals surface area contributed by atoms with Gasteiger partial charge >= 0.3 is 0 Å². The van der Waals surface area contributed by atoms with E-state index in [0.29, 0.717) is 11.8 Å². The molecule has 1 fully saturated rings. The molecule has 0 amide bonds. The third-order valence-electron chi connectivity index (χ3n) is 4.03. The molecule has 0 radical (unpaired) electrons. The summed E-state index contributed by atoms with van der Waals surface area (Å²) in [6.07, 6.45) is 2.21. The van der Waals surface area contributed by atoms with Crippen molar-refractivity contribution in [2.75, 3.05) is 14.2 Å². The van der Waals surface area contributed by atoms with Crippen LogP contribution >= 0.6 is 0 Å². The maximum atomic E-state index is 6.26. The summed E-state index contributed by atoms with van der Waals surface area (Å²) in [4.78, 5) is 0. The number of ether oxygens (including phenoxy) is 3. The second-order valence-corrected chi connectivity index (χ2v) is 5.85. The first-order chi connectivity index (χ1) is 9.53. The number of benzene rings is 1. The molecule has 1 aromatic carbocycles. The van der Waals surface area contributed by atoms with Crippen LogP contribution in [0.15, 0.2) is 18.2 Å². The molecule has 2 rings (SSSR count). The van der Waals surface area contributed by atoms with Crippen LogP contribution in [-0.2, 0) is 0 Å². The predicted octanol–water partition coefficient (Wildman–Crippen LogP) is 2.84. The molecule has 4 nitrogen and oxygen atoms in total. The van der Waals surface area contributed by atoms with E-state index in [9.17, 15) is 0 Å². The lowest BCUT2D eigenvalue weighted by Crippen LogP contribution is -2.48. The fourth-order valence-electron chi connectivity index (χ4n) is 3.10. The van der Waals surface area contributed by atoms with Crippen molar-refractivity contribution < 1.29 is 14.2 Å². The van der Waals surface area contributed by atoms with Crippen LogP contribution < -0.4 is 19.9 Å². The zero-order valence-electron chi connectivity index (χ0n) is 12.8. The quantitative estimate of drug-likeness (QED) is 0.920. The van der Waals surface area contributed by atoms with Crippen LogP contribution in [-0.4, -0.2) is 26.4 Å². The van der Waals surface area contributed by atoms with Crippen LogP contribution in [0.2, 0.25) is 0 Å². The highest BCUT2D eigenvalue weighted by molar-refractivity contribution is 5.42. The molecular weight excluding hydrogens is 254 g/mol. The maximum Gasteiger partial charge on any atom is 0.127 e. The lowest BCUT2D eigenvalue weighted by molar-refractivity contribution is 0.0622. The third kappa shape index (κ3) is 3.37. The van der Waals surface area contributed by atoms with Gasteiger partial charge in [0.05, 0.1) is 14.2 Å². The smallest absolute Gasteiger partial charge is 0.127 e. The lowest BCUT2D eigenvalue weighted by Gasteiger charge is -2.37. The van der Waals surface area contributed by atoms with Gasteiger partial charge in [0.1, 0.15) is 23.4 Å². The second kappa shape index (κ2) is 6.35. The average Bonchev–Trinajstić information content (AvgIpc) is 2.42. The Morgan fingerprint density at radius 3 is 2.00 bits per heavy atom. The minimum absolute atomic E-state index is 0.0445. The summed E-state index contributed by atoms with van der Waals surface area (Å²) in [5.41, 5.74) is 6.26. The van der Waals surface area contributed by atoms with E-state index < -0.39 is 0 Å². The molecule has 1 saturated carbocycles.